The maximum absolute atomic E-state index is 10.7. The summed E-state index contributed by atoms with van der Waals surface area (Å²) < 4.78 is 11.6. The molecule has 0 saturated carbocycles. The minimum absolute atomic E-state index is 0.590. The summed E-state index contributed by atoms with van der Waals surface area (Å²) in [5.41, 5.74) is 2.32. The molecule has 0 atom stereocenters. The van der Waals surface area contributed by atoms with E-state index in [0.29, 0.717) is 11.3 Å². The summed E-state index contributed by atoms with van der Waals surface area (Å²) in [5.74, 6) is 0. The van der Waals surface area contributed by atoms with Crippen molar-refractivity contribution in [3.63, 3.8) is 0 Å². The van der Waals surface area contributed by atoms with Gasteiger partial charge in [0, 0.05) is 0 Å². The van der Waals surface area contributed by atoms with E-state index in [-0.39, 0.29) is 0 Å². The van der Waals surface area contributed by atoms with Gasteiger partial charge >= 0.3 is 0 Å². The van der Waals surface area contributed by atoms with E-state index < -0.39 is 0 Å². The highest BCUT2D eigenvalue weighted by Crippen LogP contribution is 2.32. The maximum atomic E-state index is 10.7. The molecule has 2 aromatic rings. The zero-order valence-corrected chi connectivity index (χ0v) is 9.97. The molecule has 0 aliphatic heterocycles. The molecule has 1 nitrogen and oxygen atoms in total. The van der Waals surface area contributed by atoms with Crippen LogP contribution < -0.4 is 0 Å². The van der Waals surface area contributed by atoms with Gasteiger partial charge < -0.3 is 0 Å². The predicted octanol–water partition coefficient (Wildman–Crippen LogP) is 3.53. The van der Waals surface area contributed by atoms with Crippen molar-refractivity contribution < 1.29 is 4.21 Å². The van der Waals surface area contributed by atoms with E-state index in [9.17, 15) is 4.21 Å². The van der Waals surface area contributed by atoms with Crippen molar-refractivity contribution >= 4 is 31.9 Å². The van der Waals surface area contributed by atoms with E-state index >= 15 is 0 Å². The van der Waals surface area contributed by atoms with Crippen LogP contribution in [0.25, 0.3) is 10.4 Å². The van der Waals surface area contributed by atoms with Crippen LogP contribution in [0.15, 0.2) is 30.3 Å². The summed E-state index contributed by atoms with van der Waals surface area (Å²) in [7, 11) is 3.24. The molecule has 14 heavy (non-hydrogen) atoms. The second-order valence-corrected chi connectivity index (χ2v) is 5.84. The Labute approximate surface area is 93.1 Å². The predicted molar refractivity (Wildman–Crippen MR) is 63.8 cm³/mol. The van der Waals surface area contributed by atoms with E-state index in [2.05, 4.69) is 12.1 Å². The fraction of sp³-hybridized carbons (Fsp3) is 0.100. The molecule has 72 valence electrons. The fourth-order valence-electron chi connectivity index (χ4n) is 1.23. The average Bonchev–Trinajstić information content (AvgIpc) is 2.61. The summed E-state index contributed by atoms with van der Waals surface area (Å²) in [6, 6.07) is 10.2. The van der Waals surface area contributed by atoms with Crippen LogP contribution in [0.5, 0.6) is 0 Å². The summed E-state index contributed by atoms with van der Waals surface area (Å²) in [6.45, 7) is 2.01. The van der Waals surface area contributed by atoms with Gasteiger partial charge in [-0.25, -0.2) is 4.21 Å². The first-order valence-corrected chi connectivity index (χ1v) is 7.00. The van der Waals surface area contributed by atoms with Crippen molar-refractivity contribution in [1.82, 2.24) is 0 Å². The molecule has 0 radical (unpaired) electrons. The van der Waals surface area contributed by atoms with E-state index in [0.717, 1.165) is 9.39 Å². The molecule has 4 heteroatoms. The van der Waals surface area contributed by atoms with Gasteiger partial charge in [0.25, 0.3) is 0 Å². The topological polar surface area (TPSA) is 17.1 Å². The van der Waals surface area contributed by atoms with Crippen LogP contribution in [0.1, 0.15) is 5.56 Å². The molecule has 0 saturated heterocycles. The van der Waals surface area contributed by atoms with Gasteiger partial charge in [0.1, 0.15) is 15.1 Å². The molecule has 0 fully saturated rings. The van der Waals surface area contributed by atoms with Crippen molar-refractivity contribution in [3.8, 4) is 10.4 Å². The molecule has 0 N–H and O–H groups in total. The van der Waals surface area contributed by atoms with Gasteiger partial charge in [0.2, 0.25) is 0 Å². The van der Waals surface area contributed by atoms with Gasteiger partial charge in [0.15, 0.2) is 0 Å². The third kappa shape index (κ3) is 1.73. The van der Waals surface area contributed by atoms with Crippen LogP contribution in [0, 0.1) is 10.7 Å². The number of rotatable bonds is 1. The Hall–Kier alpha value is -0.710. The Morgan fingerprint density at radius 2 is 1.86 bits per heavy atom. The SMILES string of the molecule is Cc1c(-c2ccccc2)ssc1=S=O. The zero-order valence-electron chi connectivity index (χ0n) is 7.52. The molecule has 0 spiro atoms. The quantitative estimate of drug-likeness (QED) is 0.550. The first kappa shape index (κ1) is 9.83. The lowest BCUT2D eigenvalue weighted by Crippen LogP contribution is -1.75. The Morgan fingerprint density at radius 1 is 1.14 bits per heavy atom. The highest BCUT2D eigenvalue weighted by atomic mass is 32.9. The molecule has 1 aromatic carbocycles. The second kappa shape index (κ2) is 4.21. The monoisotopic (exact) mass is 240 g/mol. The molecule has 0 unspecified atom stereocenters. The summed E-state index contributed by atoms with van der Waals surface area (Å²) in [4.78, 5) is 1.22. The van der Waals surface area contributed by atoms with Crippen molar-refractivity contribution in [1.29, 1.82) is 0 Å². The summed E-state index contributed by atoms with van der Waals surface area (Å²) in [5, 5.41) is 0. The van der Waals surface area contributed by atoms with Crippen molar-refractivity contribution in [3.05, 3.63) is 39.7 Å². The molecule has 0 aliphatic rings. The standard InChI is InChI=1S/C10H8OS3/c1-7-9(13-14-10(7)12-11)8-5-3-2-4-6-8/h2-6H,1H3. The van der Waals surface area contributed by atoms with Crippen LogP contribution in [-0.2, 0) is 11.3 Å². The van der Waals surface area contributed by atoms with Crippen molar-refractivity contribution in [2.75, 3.05) is 0 Å². The van der Waals surface area contributed by atoms with Crippen LogP contribution in [-0.4, -0.2) is 4.21 Å². The highest BCUT2D eigenvalue weighted by molar-refractivity contribution is 7.74. The third-order valence-corrected chi connectivity index (χ3v) is 5.69. The van der Waals surface area contributed by atoms with E-state index in [1.807, 2.05) is 25.1 Å². The van der Waals surface area contributed by atoms with Gasteiger partial charge in [-0.15, -0.1) is 0 Å². The average molecular weight is 240 g/mol. The van der Waals surface area contributed by atoms with Crippen LogP contribution in [0.3, 0.4) is 0 Å². The lowest BCUT2D eigenvalue weighted by atomic mass is 10.1. The Bertz CT molecular complexity index is 518. The minimum Gasteiger partial charge on any atom is -0.211 e. The molecule has 1 heterocycles. The van der Waals surface area contributed by atoms with Gasteiger partial charge in [0.05, 0.1) is 4.88 Å². The Kier molecular flexibility index (Phi) is 2.96. The van der Waals surface area contributed by atoms with Gasteiger partial charge in [-0.1, -0.05) is 51.0 Å². The molecule has 0 bridgehead atoms. The van der Waals surface area contributed by atoms with Crippen molar-refractivity contribution in [2.24, 2.45) is 0 Å². The van der Waals surface area contributed by atoms with E-state index in [1.54, 1.807) is 20.7 Å². The van der Waals surface area contributed by atoms with Gasteiger partial charge in [-0.05, 0) is 18.1 Å². The van der Waals surface area contributed by atoms with Crippen molar-refractivity contribution in [2.45, 2.75) is 6.92 Å². The van der Waals surface area contributed by atoms with Crippen LogP contribution in [0.2, 0.25) is 0 Å². The van der Waals surface area contributed by atoms with Crippen LogP contribution in [0.4, 0.5) is 0 Å². The molecular weight excluding hydrogens is 232 g/mol. The second-order valence-electron chi connectivity index (χ2n) is 2.86. The number of hydrogen-bond acceptors (Lipinski definition) is 3. The summed E-state index contributed by atoms with van der Waals surface area (Å²) in [6.07, 6.45) is 0. The fourth-order valence-corrected chi connectivity index (χ4v) is 4.61. The molecular formula is C10H8OS3. The van der Waals surface area contributed by atoms with E-state index in [4.69, 9.17) is 0 Å². The van der Waals surface area contributed by atoms with E-state index in [1.165, 1.54) is 10.4 Å². The number of benzene rings is 1. The maximum Gasteiger partial charge on any atom is 0.135 e. The first-order valence-electron chi connectivity index (χ1n) is 4.11. The molecule has 2 rings (SSSR count). The normalized spacial score (nSPS) is 10.1. The Balaban J connectivity index is 2.65. The highest BCUT2D eigenvalue weighted by Gasteiger charge is 2.05. The molecule has 0 amide bonds. The smallest absolute Gasteiger partial charge is 0.135 e. The number of hydrogen-bond donors (Lipinski definition) is 0. The largest absolute Gasteiger partial charge is 0.211 e. The Morgan fingerprint density at radius 3 is 2.43 bits per heavy atom. The first-order chi connectivity index (χ1) is 6.83. The van der Waals surface area contributed by atoms with Gasteiger partial charge in [-0.2, -0.15) is 0 Å². The van der Waals surface area contributed by atoms with Crippen LogP contribution >= 0.6 is 20.7 Å². The lowest BCUT2D eigenvalue weighted by molar-refractivity contribution is 0.700. The molecule has 0 aliphatic carbocycles. The third-order valence-electron chi connectivity index (χ3n) is 1.96. The lowest BCUT2D eigenvalue weighted by Gasteiger charge is -1.96. The molecule has 1 aromatic heterocycles. The summed E-state index contributed by atoms with van der Waals surface area (Å²) >= 11 is 0.590. The van der Waals surface area contributed by atoms with Gasteiger partial charge in [-0.3, -0.25) is 0 Å². The zero-order chi connectivity index (χ0) is 9.97. The minimum atomic E-state index is 0.590.